The van der Waals surface area contributed by atoms with Gasteiger partial charge >= 0.3 is 0 Å². The fraction of sp³-hybridized carbons (Fsp3) is 0.467. The van der Waals surface area contributed by atoms with Gasteiger partial charge in [-0.15, -0.1) is 5.10 Å². The van der Waals surface area contributed by atoms with Crippen LogP contribution in [0.1, 0.15) is 30.6 Å². The second-order valence-electron chi connectivity index (χ2n) is 5.26. The molecule has 1 atom stereocenters. The van der Waals surface area contributed by atoms with Gasteiger partial charge in [0, 0.05) is 31.5 Å². The van der Waals surface area contributed by atoms with Crippen molar-refractivity contribution in [2.24, 2.45) is 7.05 Å². The lowest BCUT2D eigenvalue weighted by molar-refractivity contribution is 0.488. The lowest BCUT2D eigenvalue weighted by Crippen LogP contribution is -2.35. The van der Waals surface area contributed by atoms with Crippen LogP contribution in [0.3, 0.4) is 0 Å². The van der Waals surface area contributed by atoms with E-state index in [4.69, 9.17) is 0 Å². The number of benzene rings is 1. The van der Waals surface area contributed by atoms with Crippen molar-refractivity contribution in [2.75, 3.05) is 18.0 Å². The van der Waals surface area contributed by atoms with Gasteiger partial charge in [-0.2, -0.15) is 0 Å². The summed E-state index contributed by atoms with van der Waals surface area (Å²) in [6.07, 6.45) is 3.12. The normalized spacial score (nSPS) is 18.1. The van der Waals surface area contributed by atoms with Crippen LogP contribution in [-0.4, -0.2) is 28.1 Å². The molecule has 0 fully saturated rings. The number of hydrogen-bond donors (Lipinski definition) is 1. The van der Waals surface area contributed by atoms with E-state index < -0.39 is 0 Å². The van der Waals surface area contributed by atoms with E-state index in [2.05, 4.69) is 51.7 Å². The Labute approximate surface area is 119 Å². The predicted molar refractivity (Wildman–Crippen MR) is 79.5 cm³/mol. The summed E-state index contributed by atoms with van der Waals surface area (Å²) >= 11 is 0. The van der Waals surface area contributed by atoms with Crippen molar-refractivity contribution in [3.05, 3.63) is 41.7 Å². The third-order valence-electron chi connectivity index (χ3n) is 3.79. The molecule has 1 unspecified atom stereocenters. The Kier molecular flexibility index (Phi) is 3.69. The molecule has 0 bridgehead atoms. The van der Waals surface area contributed by atoms with Gasteiger partial charge in [0.2, 0.25) is 0 Å². The van der Waals surface area contributed by atoms with Crippen molar-refractivity contribution in [1.29, 1.82) is 0 Å². The molecule has 0 saturated carbocycles. The minimum Gasteiger partial charge on any atom is -0.365 e. The number of aryl methyl sites for hydroxylation is 1. The van der Waals surface area contributed by atoms with Crippen LogP contribution in [0.5, 0.6) is 0 Å². The van der Waals surface area contributed by atoms with E-state index in [0.29, 0.717) is 6.04 Å². The second-order valence-corrected chi connectivity index (χ2v) is 5.26. The smallest absolute Gasteiger partial charge is 0.102 e. The molecule has 1 aliphatic rings. The average Bonchev–Trinajstić information content (AvgIpc) is 2.87. The lowest BCUT2D eigenvalue weighted by Gasteiger charge is -2.35. The molecule has 106 valence electrons. The Morgan fingerprint density at radius 2 is 2.20 bits per heavy atom. The first-order valence-corrected chi connectivity index (χ1v) is 7.20. The van der Waals surface area contributed by atoms with Crippen LogP contribution in [0.25, 0.3) is 0 Å². The van der Waals surface area contributed by atoms with E-state index in [1.807, 2.05) is 13.2 Å². The van der Waals surface area contributed by atoms with Gasteiger partial charge in [0.25, 0.3) is 0 Å². The van der Waals surface area contributed by atoms with Gasteiger partial charge in [0.1, 0.15) is 5.69 Å². The molecule has 3 rings (SSSR count). The van der Waals surface area contributed by atoms with E-state index >= 15 is 0 Å². The largest absolute Gasteiger partial charge is 0.365 e. The highest BCUT2D eigenvalue weighted by Crippen LogP contribution is 2.34. The van der Waals surface area contributed by atoms with Crippen LogP contribution >= 0.6 is 0 Å². The number of anilines is 1. The average molecular weight is 271 g/mol. The molecule has 20 heavy (non-hydrogen) atoms. The van der Waals surface area contributed by atoms with E-state index in [0.717, 1.165) is 31.7 Å². The van der Waals surface area contributed by atoms with Gasteiger partial charge in [-0.05, 0) is 24.6 Å². The van der Waals surface area contributed by atoms with Crippen molar-refractivity contribution in [1.82, 2.24) is 20.3 Å². The molecule has 0 aliphatic carbocycles. The molecule has 0 amide bonds. The highest BCUT2D eigenvalue weighted by Gasteiger charge is 2.24. The Bertz CT molecular complexity index is 577. The summed E-state index contributed by atoms with van der Waals surface area (Å²) in [7, 11) is 1.90. The maximum atomic E-state index is 4.19. The Hall–Kier alpha value is -1.88. The van der Waals surface area contributed by atoms with Gasteiger partial charge in [0.15, 0.2) is 0 Å². The maximum absolute atomic E-state index is 4.19. The molecule has 2 aromatic rings. The second kappa shape index (κ2) is 5.63. The monoisotopic (exact) mass is 271 g/mol. The minimum absolute atomic E-state index is 0.467. The van der Waals surface area contributed by atoms with Gasteiger partial charge in [-0.3, -0.25) is 4.68 Å². The maximum Gasteiger partial charge on any atom is 0.102 e. The molecule has 1 aromatic carbocycles. The highest BCUT2D eigenvalue weighted by molar-refractivity contribution is 5.57. The number of rotatable bonds is 4. The predicted octanol–water partition coefficient (Wildman–Crippen LogP) is 1.88. The Morgan fingerprint density at radius 1 is 1.35 bits per heavy atom. The van der Waals surface area contributed by atoms with Crippen molar-refractivity contribution < 1.29 is 0 Å². The summed E-state index contributed by atoms with van der Waals surface area (Å²) in [6.45, 7) is 5.03. The molecule has 0 radical (unpaired) electrons. The van der Waals surface area contributed by atoms with Crippen molar-refractivity contribution in [3.63, 3.8) is 0 Å². The van der Waals surface area contributed by atoms with Gasteiger partial charge in [-0.25, -0.2) is 0 Å². The molecule has 0 saturated heterocycles. The van der Waals surface area contributed by atoms with Crippen LogP contribution < -0.4 is 10.2 Å². The van der Waals surface area contributed by atoms with Gasteiger partial charge in [0.05, 0.1) is 6.54 Å². The van der Waals surface area contributed by atoms with E-state index in [1.165, 1.54) is 11.3 Å². The lowest BCUT2D eigenvalue weighted by atomic mass is 9.96. The number of para-hydroxylation sites is 1. The molecular formula is C15H21N5. The van der Waals surface area contributed by atoms with Crippen LogP contribution in [0.15, 0.2) is 30.5 Å². The Morgan fingerprint density at radius 3 is 2.95 bits per heavy atom. The molecule has 2 heterocycles. The summed E-state index contributed by atoms with van der Waals surface area (Å²) in [6, 6.07) is 9.13. The zero-order valence-corrected chi connectivity index (χ0v) is 12.1. The standard InChI is InChI=1S/C15H21N5/c1-3-16-14-8-9-20(11-12-10-19(2)18-17-12)15-7-5-4-6-13(14)15/h4-7,10,14,16H,3,8-9,11H2,1-2H3. The topological polar surface area (TPSA) is 46.0 Å². The number of nitrogens with one attached hydrogen (secondary N) is 1. The zero-order valence-electron chi connectivity index (χ0n) is 12.1. The van der Waals surface area contributed by atoms with Crippen LogP contribution in [0.4, 0.5) is 5.69 Å². The highest BCUT2D eigenvalue weighted by atomic mass is 15.4. The fourth-order valence-electron chi connectivity index (χ4n) is 2.92. The van der Waals surface area contributed by atoms with E-state index in [-0.39, 0.29) is 0 Å². The molecule has 1 aliphatic heterocycles. The Balaban J connectivity index is 1.84. The van der Waals surface area contributed by atoms with Crippen molar-refractivity contribution >= 4 is 5.69 Å². The van der Waals surface area contributed by atoms with Crippen LogP contribution in [0.2, 0.25) is 0 Å². The van der Waals surface area contributed by atoms with Crippen LogP contribution in [0, 0.1) is 0 Å². The van der Waals surface area contributed by atoms with Crippen LogP contribution in [-0.2, 0) is 13.6 Å². The quantitative estimate of drug-likeness (QED) is 0.922. The number of nitrogens with zero attached hydrogens (tertiary/aromatic N) is 4. The van der Waals surface area contributed by atoms with Gasteiger partial charge in [-0.1, -0.05) is 30.3 Å². The number of aromatic nitrogens is 3. The summed E-state index contributed by atoms with van der Waals surface area (Å²) in [5, 5.41) is 11.8. The fourth-order valence-corrected chi connectivity index (χ4v) is 2.92. The first-order valence-electron chi connectivity index (χ1n) is 7.20. The van der Waals surface area contributed by atoms with Crippen molar-refractivity contribution in [2.45, 2.75) is 25.9 Å². The summed E-state index contributed by atoms with van der Waals surface area (Å²) < 4.78 is 1.76. The SMILES string of the molecule is CCNC1CCN(Cc2cn(C)nn2)c2ccccc21. The number of fused-ring (bicyclic) bond motifs is 1. The first kappa shape index (κ1) is 13.1. The summed E-state index contributed by atoms with van der Waals surface area (Å²) in [4.78, 5) is 2.40. The van der Waals surface area contributed by atoms with E-state index in [1.54, 1.807) is 4.68 Å². The summed E-state index contributed by atoms with van der Waals surface area (Å²) in [5.41, 5.74) is 3.73. The third kappa shape index (κ3) is 2.54. The zero-order chi connectivity index (χ0) is 13.9. The van der Waals surface area contributed by atoms with Gasteiger partial charge < -0.3 is 10.2 Å². The molecule has 0 spiro atoms. The first-order chi connectivity index (χ1) is 9.78. The van der Waals surface area contributed by atoms with E-state index in [9.17, 15) is 0 Å². The molecule has 1 N–H and O–H groups in total. The summed E-state index contributed by atoms with van der Waals surface area (Å²) in [5.74, 6) is 0. The molecular weight excluding hydrogens is 250 g/mol. The molecule has 1 aromatic heterocycles. The van der Waals surface area contributed by atoms with Crippen molar-refractivity contribution in [3.8, 4) is 0 Å². The third-order valence-corrected chi connectivity index (χ3v) is 3.79. The molecule has 5 nitrogen and oxygen atoms in total. The molecule has 5 heteroatoms. The minimum atomic E-state index is 0.467. The number of hydrogen-bond acceptors (Lipinski definition) is 4.